The topological polar surface area (TPSA) is 97.2 Å². The van der Waals surface area contributed by atoms with Crippen molar-refractivity contribution in [3.05, 3.63) is 65.3 Å². The molecule has 1 aliphatic heterocycles. The number of amides is 1. The van der Waals surface area contributed by atoms with E-state index in [1.165, 1.54) is 18.2 Å². The van der Waals surface area contributed by atoms with Crippen molar-refractivity contribution in [2.45, 2.75) is 51.7 Å². The van der Waals surface area contributed by atoms with Crippen molar-refractivity contribution in [2.24, 2.45) is 5.92 Å². The van der Waals surface area contributed by atoms with Gasteiger partial charge >= 0.3 is 0 Å². The third-order valence-electron chi connectivity index (χ3n) is 8.06. The number of anilines is 2. The molecule has 0 bridgehead atoms. The first-order valence-corrected chi connectivity index (χ1v) is 19.2. The molecule has 3 aromatic heterocycles. The van der Waals surface area contributed by atoms with Crippen LogP contribution in [0.5, 0.6) is 0 Å². The molecule has 1 fully saturated rings. The molecule has 1 saturated heterocycles. The third kappa shape index (κ3) is 8.20. The summed E-state index contributed by atoms with van der Waals surface area (Å²) in [6.45, 7) is 10.6. The molecule has 44 heavy (non-hydrogen) atoms. The molecule has 1 aromatic carbocycles. The number of hydrogen-bond donors (Lipinski definition) is 2. The number of carbonyl (C=O) groups excluding carboxylic acids is 1. The maximum Gasteiger partial charge on any atom is 0.268 e. The van der Waals surface area contributed by atoms with Gasteiger partial charge in [0, 0.05) is 43.4 Å². The number of benzene rings is 1. The number of halogens is 2. The van der Waals surface area contributed by atoms with E-state index in [4.69, 9.17) is 16.3 Å². The Hall–Kier alpha value is -3.38. The Labute approximate surface area is 264 Å². The Balaban J connectivity index is 1.39. The van der Waals surface area contributed by atoms with Crippen molar-refractivity contribution in [2.75, 3.05) is 38.6 Å². The minimum atomic E-state index is -1.28. The van der Waals surface area contributed by atoms with Crippen LogP contribution in [-0.4, -0.2) is 71.9 Å². The molecule has 5 rings (SSSR count). The molecule has 0 aliphatic carbocycles. The van der Waals surface area contributed by atoms with E-state index in [0.29, 0.717) is 46.8 Å². The van der Waals surface area contributed by atoms with Crippen molar-refractivity contribution in [3.8, 4) is 11.3 Å². The fraction of sp³-hybridized carbons (Fsp3) is 0.438. The van der Waals surface area contributed by atoms with Crippen LogP contribution < -0.4 is 10.6 Å². The van der Waals surface area contributed by atoms with Crippen LogP contribution >= 0.6 is 11.6 Å². The molecular formula is C32H41ClFN7O2Si. The number of rotatable bonds is 12. The maximum absolute atomic E-state index is 14.5. The smallest absolute Gasteiger partial charge is 0.268 e. The van der Waals surface area contributed by atoms with Crippen LogP contribution in [0, 0.1) is 11.7 Å². The molecular weight excluding hydrogens is 597 g/mol. The molecule has 1 aliphatic rings. The highest BCUT2D eigenvalue weighted by Crippen LogP contribution is 2.31. The average molecular weight is 638 g/mol. The minimum Gasteiger partial charge on any atom is -0.361 e. The van der Waals surface area contributed by atoms with Gasteiger partial charge in [0.2, 0.25) is 0 Å². The molecule has 2 N–H and O–H groups in total. The second kappa shape index (κ2) is 14.1. The lowest BCUT2D eigenvalue weighted by Gasteiger charge is -2.28. The van der Waals surface area contributed by atoms with Gasteiger partial charge in [-0.05, 0) is 87.8 Å². The van der Waals surface area contributed by atoms with Crippen LogP contribution in [0.4, 0.5) is 15.8 Å². The van der Waals surface area contributed by atoms with Crippen LogP contribution in [-0.2, 0) is 11.5 Å². The normalized spacial score (nSPS) is 14.7. The number of hydrogen-bond acceptors (Lipinski definition) is 7. The second-order valence-corrected chi connectivity index (χ2v) is 18.8. The summed E-state index contributed by atoms with van der Waals surface area (Å²) < 4.78 is 22.5. The predicted molar refractivity (Wildman–Crippen MR) is 177 cm³/mol. The van der Waals surface area contributed by atoms with Crippen molar-refractivity contribution in [1.29, 1.82) is 0 Å². The van der Waals surface area contributed by atoms with E-state index >= 15 is 0 Å². The summed E-state index contributed by atoms with van der Waals surface area (Å²) in [6, 6.07) is 10.7. The predicted octanol–water partition coefficient (Wildman–Crippen LogP) is 6.80. The summed E-state index contributed by atoms with van der Waals surface area (Å²) in [5.74, 6) is 0.0313. The number of aromatic nitrogens is 4. The number of piperidine rings is 1. The summed E-state index contributed by atoms with van der Waals surface area (Å²) in [6.07, 6.45) is 6.53. The monoisotopic (exact) mass is 637 g/mol. The lowest BCUT2D eigenvalue weighted by atomic mass is 9.94. The van der Waals surface area contributed by atoms with Gasteiger partial charge in [-0.15, -0.1) is 0 Å². The van der Waals surface area contributed by atoms with Crippen LogP contribution in [0.25, 0.3) is 22.3 Å². The Morgan fingerprint density at radius 2 is 1.95 bits per heavy atom. The van der Waals surface area contributed by atoms with E-state index in [9.17, 15) is 9.18 Å². The van der Waals surface area contributed by atoms with Gasteiger partial charge in [-0.1, -0.05) is 31.2 Å². The summed E-state index contributed by atoms with van der Waals surface area (Å²) in [4.78, 5) is 20.5. The Morgan fingerprint density at radius 3 is 2.73 bits per heavy atom. The summed E-state index contributed by atoms with van der Waals surface area (Å²) in [7, 11) is 0.876. The molecule has 0 atom stereocenters. The summed E-state index contributed by atoms with van der Waals surface area (Å²) in [5.41, 5.74) is 3.05. The molecule has 9 nitrogen and oxygen atoms in total. The Bertz CT molecular complexity index is 1600. The zero-order valence-corrected chi connectivity index (χ0v) is 27.6. The first-order chi connectivity index (χ1) is 21.1. The highest BCUT2D eigenvalue weighted by atomic mass is 35.5. The first kappa shape index (κ1) is 32.0. The van der Waals surface area contributed by atoms with Crippen molar-refractivity contribution in [1.82, 2.24) is 30.0 Å². The molecule has 4 aromatic rings. The zero-order valence-electron chi connectivity index (χ0n) is 25.9. The molecule has 0 radical (unpaired) electrons. The SMILES string of the molecule is CN1CCC(CCNC(=O)c2cc3c(Nc4cnnc(-c5cc(Cl)ccc5F)c4)ccnc3n2COCC[Si](C)(C)C)CC1. The molecule has 234 valence electrons. The Morgan fingerprint density at radius 1 is 1.16 bits per heavy atom. The second-order valence-electron chi connectivity index (χ2n) is 12.8. The van der Waals surface area contributed by atoms with Crippen molar-refractivity contribution >= 4 is 48.0 Å². The highest BCUT2D eigenvalue weighted by Gasteiger charge is 2.21. The number of pyridine rings is 1. The molecule has 0 unspecified atom stereocenters. The molecule has 12 heteroatoms. The van der Waals surface area contributed by atoms with Crippen LogP contribution in [0.3, 0.4) is 0 Å². The van der Waals surface area contributed by atoms with E-state index < -0.39 is 13.9 Å². The number of likely N-dealkylation sites (tertiary alicyclic amines) is 1. The van der Waals surface area contributed by atoms with Gasteiger partial charge in [-0.25, -0.2) is 9.37 Å². The van der Waals surface area contributed by atoms with Gasteiger partial charge in [0.25, 0.3) is 5.91 Å². The number of ether oxygens (including phenoxy) is 1. The van der Waals surface area contributed by atoms with Crippen LogP contribution in [0.2, 0.25) is 30.7 Å². The van der Waals surface area contributed by atoms with Crippen LogP contribution in [0.1, 0.15) is 29.8 Å². The van der Waals surface area contributed by atoms with E-state index in [2.05, 4.69) is 57.4 Å². The lowest BCUT2D eigenvalue weighted by molar-refractivity contribution is 0.0807. The van der Waals surface area contributed by atoms with E-state index in [1.807, 2.05) is 16.7 Å². The number of carbonyl (C=O) groups is 1. The van der Waals surface area contributed by atoms with E-state index in [1.54, 1.807) is 18.5 Å². The van der Waals surface area contributed by atoms with Crippen molar-refractivity contribution in [3.63, 3.8) is 0 Å². The van der Waals surface area contributed by atoms with Gasteiger partial charge < -0.3 is 20.3 Å². The van der Waals surface area contributed by atoms with Gasteiger partial charge in [0.05, 0.1) is 23.3 Å². The maximum atomic E-state index is 14.5. The molecule has 0 spiro atoms. The Kier molecular flexibility index (Phi) is 10.3. The van der Waals surface area contributed by atoms with Gasteiger partial charge in [0.15, 0.2) is 0 Å². The van der Waals surface area contributed by atoms with Gasteiger partial charge in [-0.2, -0.15) is 10.2 Å². The van der Waals surface area contributed by atoms with Gasteiger partial charge in [-0.3, -0.25) is 9.36 Å². The van der Waals surface area contributed by atoms with Gasteiger partial charge in [0.1, 0.15) is 23.9 Å². The van der Waals surface area contributed by atoms with Crippen LogP contribution in [0.15, 0.2) is 48.8 Å². The first-order valence-electron chi connectivity index (χ1n) is 15.2. The number of nitrogens with zero attached hydrogens (tertiary/aromatic N) is 5. The van der Waals surface area contributed by atoms with E-state index in [0.717, 1.165) is 49.5 Å². The molecule has 0 saturated carbocycles. The fourth-order valence-corrected chi connectivity index (χ4v) is 6.29. The fourth-order valence-electron chi connectivity index (χ4n) is 5.36. The largest absolute Gasteiger partial charge is 0.361 e. The number of fused-ring (bicyclic) bond motifs is 1. The highest BCUT2D eigenvalue weighted by molar-refractivity contribution is 6.76. The standard InChI is InChI=1S/C32H41ClFN7O2Si/c1-40-13-9-22(10-14-40)7-11-36-32(42)30-19-26-28(8-12-35-31(26)41(30)21-43-15-16-44(2,3)4)38-24-18-29(39-37-20-24)25-17-23(33)5-6-27(25)34/h5-6,8,12,17-20,22H,7,9-11,13-16,21H2,1-4H3,(H,36,42)(H,35,38,39). The lowest BCUT2D eigenvalue weighted by Crippen LogP contribution is -2.33. The molecule has 1 amide bonds. The summed E-state index contributed by atoms with van der Waals surface area (Å²) >= 11 is 6.11. The minimum absolute atomic E-state index is 0.153. The van der Waals surface area contributed by atoms with E-state index in [-0.39, 0.29) is 18.2 Å². The van der Waals surface area contributed by atoms with Crippen molar-refractivity contribution < 1.29 is 13.9 Å². The molecule has 4 heterocycles. The number of nitrogens with one attached hydrogen (secondary N) is 2. The zero-order chi connectivity index (χ0) is 31.3. The average Bonchev–Trinajstić information content (AvgIpc) is 3.37. The summed E-state index contributed by atoms with van der Waals surface area (Å²) in [5, 5.41) is 15.9. The quantitative estimate of drug-likeness (QED) is 0.130. The third-order valence-corrected chi connectivity index (χ3v) is 10.00.